The molecule has 2 heterocycles. The van der Waals surface area contributed by atoms with Gasteiger partial charge < -0.3 is 9.88 Å². The number of halogens is 3. The highest BCUT2D eigenvalue weighted by Crippen LogP contribution is 2.29. The number of aromatic nitrogens is 3. The van der Waals surface area contributed by atoms with Gasteiger partial charge in [-0.1, -0.05) is 6.92 Å². The van der Waals surface area contributed by atoms with Crippen molar-refractivity contribution in [1.82, 2.24) is 25.0 Å². The Kier molecular flexibility index (Phi) is 4.64. The molecule has 1 aliphatic rings. The molecule has 8 heteroatoms. The highest BCUT2D eigenvalue weighted by molar-refractivity contribution is 5.02. The van der Waals surface area contributed by atoms with Gasteiger partial charge in [0.15, 0.2) is 0 Å². The van der Waals surface area contributed by atoms with Crippen molar-refractivity contribution >= 4 is 0 Å². The van der Waals surface area contributed by atoms with Crippen LogP contribution >= 0.6 is 0 Å². The molecule has 0 fully saturated rings. The van der Waals surface area contributed by atoms with Gasteiger partial charge in [-0.25, -0.2) is 0 Å². The lowest BCUT2D eigenvalue weighted by Gasteiger charge is -2.32. The van der Waals surface area contributed by atoms with E-state index >= 15 is 0 Å². The molecule has 20 heavy (non-hydrogen) atoms. The van der Waals surface area contributed by atoms with Gasteiger partial charge in [0, 0.05) is 19.1 Å². The largest absolute Gasteiger partial charge is 0.451 e. The van der Waals surface area contributed by atoms with Crippen LogP contribution in [-0.2, 0) is 19.3 Å². The van der Waals surface area contributed by atoms with Crippen LogP contribution in [0.25, 0.3) is 0 Å². The van der Waals surface area contributed by atoms with E-state index in [1.165, 1.54) is 4.57 Å². The minimum atomic E-state index is -4.43. The van der Waals surface area contributed by atoms with E-state index in [2.05, 4.69) is 27.3 Å². The summed E-state index contributed by atoms with van der Waals surface area (Å²) < 4.78 is 39.4. The minimum Gasteiger partial charge on any atom is -0.317 e. The van der Waals surface area contributed by atoms with E-state index in [-0.39, 0.29) is 0 Å². The Hall–Kier alpha value is -1.15. The van der Waals surface area contributed by atoms with E-state index in [0.29, 0.717) is 31.5 Å². The minimum absolute atomic E-state index is 0.294. The van der Waals surface area contributed by atoms with Crippen molar-refractivity contribution in [3.8, 4) is 0 Å². The van der Waals surface area contributed by atoms with Crippen LogP contribution in [0.1, 0.15) is 31.9 Å². The highest BCUT2D eigenvalue weighted by Gasteiger charge is 2.39. The fourth-order valence-corrected chi connectivity index (χ4v) is 2.43. The first kappa shape index (κ1) is 15.2. The van der Waals surface area contributed by atoms with Crippen molar-refractivity contribution in [3.05, 3.63) is 11.6 Å². The molecule has 1 aliphatic heterocycles. The maximum absolute atomic E-state index is 12.7. The number of nitrogens with one attached hydrogen (secondary N) is 1. The molecule has 0 aliphatic carbocycles. The number of nitrogens with zero attached hydrogens (tertiary/aromatic N) is 4. The molecule has 0 bridgehead atoms. The van der Waals surface area contributed by atoms with Gasteiger partial charge in [0.25, 0.3) is 0 Å². The Morgan fingerprint density at radius 1 is 1.30 bits per heavy atom. The molecule has 114 valence electrons. The third kappa shape index (κ3) is 3.29. The topological polar surface area (TPSA) is 46.0 Å². The molecule has 0 radical (unpaired) electrons. The fraction of sp³-hybridized carbons (Fsp3) is 0.833. The molecule has 0 saturated carbocycles. The lowest BCUT2D eigenvalue weighted by atomic mass is 10.2. The summed E-state index contributed by atoms with van der Waals surface area (Å²) in [6.45, 7) is 7.30. The van der Waals surface area contributed by atoms with Crippen molar-refractivity contribution < 1.29 is 13.2 Å². The number of alkyl halides is 3. The first-order valence-electron chi connectivity index (χ1n) is 6.87. The quantitative estimate of drug-likeness (QED) is 0.835. The second-order valence-corrected chi connectivity index (χ2v) is 5.05. The zero-order valence-corrected chi connectivity index (χ0v) is 11.7. The molecule has 1 aromatic heterocycles. The van der Waals surface area contributed by atoms with E-state index in [1.807, 2.05) is 6.92 Å². The normalized spacial score (nSPS) is 18.1. The Morgan fingerprint density at radius 3 is 2.70 bits per heavy atom. The molecule has 2 rings (SSSR count). The molecule has 0 spiro atoms. The maximum atomic E-state index is 12.7. The Balaban J connectivity index is 2.00. The summed E-state index contributed by atoms with van der Waals surface area (Å²) in [6, 6.07) is 0.314. The van der Waals surface area contributed by atoms with Crippen LogP contribution in [-0.4, -0.2) is 45.3 Å². The lowest BCUT2D eigenvalue weighted by Crippen LogP contribution is -2.41. The number of fused-ring (bicyclic) bond motifs is 1. The van der Waals surface area contributed by atoms with Crippen molar-refractivity contribution in [3.63, 3.8) is 0 Å². The smallest absolute Gasteiger partial charge is 0.317 e. The molecule has 1 N–H and O–H groups in total. The van der Waals surface area contributed by atoms with Gasteiger partial charge in [-0.3, -0.25) is 4.90 Å². The zero-order valence-electron chi connectivity index (χ0n) is 11.7. The summed E-state index contributed by atoms with van der Waals surface area (Å²) in [6.07, 6.45) is -3.46. The molecule has 1 aromatic rings. The van der Waals surface area contributed by atoms with Gasteiger partial charge in [-0.15, -0.1) is 10.2 Å². The summed E-state index contributed by atoms with van der Waals surface area (Å²) in [5, 5.41) is 10.2. The molecule has 0 amide bonds. The van der Waals surface area contributed by atoms with Crippen molar-refractivity contribution in [2.24, 2.45) is 0 Å². The zero-order chi connectivity index (χ0) is 14.8. The molecule has 5 nitrogen and oxygen atoms in total. The maximum Gasteiger partial charge on any atom is 0.451 e. The molecule has 1 unspecified atom stereocenters. The average Bonchev–Trinajstić information content (AvgIpc) is 2.81. The predicted octanol–water partition coefficient (Wildman–Crippen LogP) is 1.50. The Bertz CT molecular complexity index is 443. The van der Waals surface area contributed by atoms with E-state index in [9.17, 15) is 13.2 Å². The molecular formula is C12H20F3N5. The van der Waals surface area contributed by atoms with Gasteiger partial charge >= 0.3 is 6.18 Å². The summed E-state index contributed by atoms with van der Waals surface area (Å²) in [4.78, 5) is 2.15. The van der Waals surface area contributed by atoms with Crippen LogP contribution in [0.15, 0.2) is 0 Å². The number of hydrogen-bond acceptors (Lipinski definition) is 4. The summed E-state index contributed by atoms with van der Waals surface area (Å²) in [5.74, 6) is -0.480. The third-order valence-corrected chi connectivity index (χ3v) is 3.65. The molecular weight excluding hydrogens is 271 g/mol. The lowest BCUT2D eigenvalue weighted by molar-refractivity contribution is -0.148. The van der Waals surface area contributed by atoms with E-state index in [1.54, 1.807) is 0 Å². The predicted molar refractivity (Wildman–Crippen MR) is 68.1 cm³/mol. The van der Waals surface area contributed by atoms with Gasteiger partial charge in [0.05, 0.1) is 6.54 Å². The summed E-state index contributed by atoms with van der Waals surface area (Å²) >= 11 is 0. The first-order chi connectivity index (χ1) is 9.43. The van der Waals surface area contributed by atoms with Crippen molar-refractivity contribution in [2.45, 2.75) is 45.6 Å². The van der Waals surface area contributed by atoms with Gasteiger partial charge in [-0.05, 0) is 26.4 Å². The van der Waals surface area contributed by atoms with Crippen LogP contribution in [0.4, 0.5) is 13.2 Å². The molecule has 0 saturated heterocycles. The highest BCUT2D eigenvalue weighted by atomic mass is 19.4. The van der Waals surface area contributed by atoms with E-state index < -0.39 is 12.0 Å². The van der Waals surface area contributed by atoms with E-state index in [4.69, 9.17) is 0 Å². The molecule has 1 atom stereocenters. The summed E-state index contributed by atoms with van der Waals surface area (Å²) in [5.41, 5.74) is 0. The van der Waals surface area contributed by atoms with Crippen LogP contribution in [0, 0.1) is 0 Å². The van der Waals surface area contributed by atoms with Crippen LogP contribution < -0.4 is 5.32 Å². The van der Waals surface area contributed by atoms with Gasteiger partial charge in [0.1, 0.15) is 5.82 Å². The van der Waals surface area contributed by atoms with Crippen LogP contribution in [0.3, 0.4) is 0 Å². The number of hydrogen-bond donors (Lipinski definition) is 1. The van der Waals surface area contributed by atoms with Crippen molar-refractivity contribution in [2.75, 3.05) is 19.6 Å². The fourth-order valence-electron chi connectivity index (χ4n) is 2.43. The Labute approximate surface area is 116 Å². The van der Waals surface area contributed by atoms with Crippen molar-refractivity contribution in [1.29, 1.82) is 0 Å². The second kappa shape index (κ2) is 6.09. The van der Waals surface area contributed by atoms with E-state index in [0.717, 1.165) is 19.5 Å². The Morgan fingerprint density at radius 2 is 2.05 bits per heavy atom. The van der Waals surface area contributed by atoms with Crippen LogP contribution in [0.2, 0.25) is 0 Å². The first-order valence-corrected chi connectivity index (χ1v) is 6.87. The average molecular weight is 291 g/mol. The van der Waals surface area contributed by atoms with Crippen LogP contribution in [0.5, 0.6) is 0 Å². The standard InChI is InChI=1S/C12H20F3N5/c1-3-16-5-4-9(2)19-6-7-20-10(8-19)17-18-11(20)12(13,14)15/h9,16H,3-8H2,1-2H3. The number of rotatable bonds is 5. The monoisotopic (exact) mass is 291 g/mol. The molecule has 0 aromatic carbocycles. The SMILES string of the molecule is CCNCCC(C)N1CCn2c(nnc2C(F)(F)F)C1. The third-order valence-electron chi connectivity index (χ3n) is 3.65. The second-order valence-electron chi connectivity index (χ2n) is 5.05. The summed E-state index contributed by atoms with van der Waals surface area (Å²) in [7, 11) is 0. The van der Waals surface area contributed by atoms with Gasteiger partial charge in [0.2, 0.25) is 5.82 Å². The van der Waals surface area contributed by atoms with Gasteiger partial charge in [-0.2, -0.15) is 13.2 Å².